The van der Waals surface area contributed by atoms with Gasteiger partial charge in [-0.05, 0) is 31.7 Å². The van der Waals surface area contributed by atoms with E-state index >= 15 is 0 Å². The number of aromatic nitrogens is 3. The minimum Gasteiger partial charge on any atom is -0.233 e. The lowest BCUT2D eigenvalue weighted by Crippen LogP contribution is -2.00. The lowest BCUT2D eigenvalue weighted by molar-refractivity contribution is 0.895. The molecular formula is C17H16ClN3. The Balaban J connectivity index is 1.89. The van der Waals surface area contributed by atoms with Crippen molar-refractivity contribution >= 4 is 17.2 Å². The van der Waals surface area contributed by atoms with Crippen molar-refractivity contribution in [1.29, 1.82) is 0 Å². The van der Waals surface area contributed by atoms with Gasteiger partial charge in [-0.1, -0.05) is 41.9 Å². The van der Waals surface area contributed by atoms with Crippen molar-refractivity contribution in [2.24, 2.45) is 0 Å². The molecule has 1 aliphatic rings. The van der Waals surface area contributed by atoms with Gasteiger partial charge in [0.1, 0.15) is 5.15 Å². The Labute approximate surface area is 128 Å². The van der Waals surface area contributed by atoms with Gasteiger partial charge in [0.2, 0.25) is 0 Å². The summed E-state index contributed by atoms with van der Waals surface area (Å²) in [4.78, 5) is 4.85. The number of hydrogen-bond donors (Lipinski definition) is 0. The highest BCUT2D eigenvalue weighted by molar-refractivity contribution is 6.30. The van der Waals surface area contributed by atoms with Gasteiger partial charge in [0, 0.05) is 23.2 Å². The van der Waals surface area contributed by atoms with Crippen LogP contribution < -0.4 is 0 Å². The van der Waals surface area contributed by atoms with Crippen LogP contribution in [0.15, 0.2) is 30.3 Å². The number of halogens is 1. The van der Waals surface area contributed by atoms with Crippen LogP contribution in [-0.2, 0) is 19.3 Å². The molecular weight excluding hydrogens is 282 g/mol. The summed E-state index contributed by atoms with van der Waals surface area (Å²) in [5, 5.41) is 5.35. The van der Waals surface area contributed by atoms with E-state index in [4.69, 9.17) is 16.6 Å². The quantitative estimate of drug-likeness (QED) is 0.674. The molecule has 1 aliphatic carbocycles. The molecule has 106 valence electrons. The van der Waals surface area contributed by atoms with Crippen LogP contribution in [0.4, 0.5) is 0 Å². The van der Waals surface area contributed by atoms with E-state index in [0.29, 0.717) is 0 Å². The molecule has 1 aromatic carbocycles. The van der Waals surface area contributed by atoms with Crippen LogP contribution in [0.2, 0.25) is 5.15 Å². The summed E-state index contributed by atoms with van der Waals surface area (Å²) < 4.78 is 1.82. The van der Waals surface area contributed by atoms with Crippen molar-refractivity contribution in [1.82, 2.24) is 14.6 Å². The lowest BCUT2D eigenvalue weighted by Gasteiger charge is -2.05. The van der Waals surface area contributed by atoms with Gasteiger partial charge in [0.05, 0.1) is 5.69 Å². The second-order valence-electron chi connectivity index (χ2n) is 5.64. The molecule has 0 amide bonds. The van der Waals surface area contributed by atoms with Crippen molar-refractivity contribution in [3.05, 3.63) is 63.6 Å². The number of aryl methyl sites for hydroxylation is 2. The standard InChI is InChI=1S/C17H16ClN3/c1-11-14(10-12-6-3-2-4-7-12)17-19-15-9-5-8-13(15)16(18)21(17)20-11/h2-4,6-7H,5,8-10H2,1H3. The Kier molecular flexibility index (Phi) is 2.96. The van der Waals surface area contributed by atoms with Gasteiger partial charge in [-0.2, -0.15) is 5.10 Å². The van der Waals surface area contributed by atoms with Crippen LogP contribution in [0, 0.1) is 6.92 Å². The third-order valence-corrected chi connectivity index (χ3v) is 4.63. The van der Waals surface area contributed by atoms with Gasteiger partial charge < -0.3 is 0 Å². The molecule has 2 aromatic heterocycles. The zero-order valence-electron chi connectivity index (χ0n) is 11.9. The Morgan fingerprint density at radius 2 is 2.00 bits per heavy atom. The largest absolute Gasteiger partial charge is 0.233 e. The van der Waals surface area contributed by atoms with Crippen LogP contribution >= 0.6 is 11.6 Å². The molecule has 4 heteroatoms. The molecule has 0 spiro atoms. The number of nitrogens with zero attached hydrogens (tertiary/aromatic N) is 3. The van der Waals surface area contributed by atoms with E-state index in [1.54, 1.807) is 0 Å². The SMILES string of the molecule is Cc1nn2c(Cl)c3c(nc2c1Cc1ccccc1)CCC3. The molecule has 2 heterocycles. The van der Waals surface area contributed by atoms with Crippen molar-refractivity contribution in [2.75, 3.05) is 0 Å². The Bertz CT molecular complexity index is 821. The lowest BCUT2D eigenvalue weighted by atomic mass is 10.1. The first-order valence-electron chi connectivity index (χ1n) is 7.33. The van der Waals surface area contributed by atoms with E-state index in [-0.39, 0.29) is 0 Å². The maximum absolute atomic E-state index is 6.54. The van der Waals surface area contributed by atoms with Crippen LogP contribution in [0.1, 0.15) is 34.5 Å². The molecule has 21 heavy (non-hydrogen) atoms. The second-order valence-corrected chi connectivity index (χ2v) is 6.00. The van der Waals surface area contributed by atoms with Gasteiger partial charge in [0.15, 0.2) is 5.65 Å². The smallest absolute Gasteiger partial charge is 0.160 e. The highest BCUT2D eigenvalue weighted by Gasteiger charge is 2.22. The predicted octanol–water partition coefficient (Wildman–Crippen LogP) is 3.77. The second kappa shape index (κ2) is 4.85. The van der Waals surface area contributed by atoms with E-state index in [0.717, 1.165) is 47.9 Å². The normalized spacial score (nSPS) is 13.8. The first-order chi connectivity index (χ1) is 10.2. The molecule has 3 nitrogen and oxygen atoms in total. The zero-order valence-corrected chi connectivity index (χ0v) is 12.7. The molecule has 3 aromatic rings. The molecule has 0 fully saturated rings. The number of fused-ring (bicyclic) bond motifs is 2. The number of benzene rings is 1. The molecule has 0 atom stereocenters. The molecule has 0 saturated heterocycles. The zero-order chi connectivity index (χ0) is 14.4. The molecule has 4 rings (SSSR count). The van der Waals surface area contributed by atoms with E-state index in [1.807, 2.05) is 17.5 Å². The first kappa shape index (κ1) is 12.8. The molecule has 0 bridgehead atoms. The van der Waals surface area contributed by atoms with E-state index < -0.39 is 0 Å². The third-order valence-electron chi connectivity index (χ3n) is 4.25. The average molecular weight is 298 g/mol. The van der Waals surface area contributed by atoms with Gasteiger partial charge in [0.25, 0.3) is 0 Å². The third kappa shape index (κ3) is 2.04. The van der Waals surface area contributed by atoms with Gasteiger partial charge in [-0.3, -0.25) is 0 Å². The van der Waals surface area contributed by atoms with E-state index in [9.17, 15) is 0 Å². The summed E-state index contributed by atoms with van der Waals surface area (Å²) in [6, 6.07) is 10.4. The maximum atomic E-state index is 6.54. The monoisotopic (exact) mass is 297 g/mol. The summed E-state index contributed by atoms with van der Waals surface area (Å²) >= 11 is 6.54. The summed E-state index contributed by atoms with van der Waals surface area (Å²) in [5.74, 6) is 0. The van der Waals surface area contributed by atoms with Crippen LogP contribution in [0.25, 0.3) is 5.65 Å². The van der Waals surface area contributed by atoms with Crippen LogP contribution in [0.3, 0.4) is 0 Å². The fourth-order valence-electron chi connectivity index (χ4n) is 3.14. The van der Waals surface area contributed by atoms with Gasteiger partial charge >= 0.3 is 0 Å². The fourth-order valence-corrected chi connectivity index (χ4v) is 3.46. The minimum atomic E-state index is 0.745. The first-order valence-corrected chi connectivity index (χ1v) is 7.71. The Morgan fingerprint density at radius 3 is 2.81 bits per heavy atom. The molecule has 0 unspecified atom stereocenters. The predicted molar refractivity (Wildman–Crippen MR) is 84.0 cm³/mol. The van der Waals surface area contributed by atoms with Gasteiger partial charge in [-0.15, -0.1) is 0 Å². The van der Waals surface area contributed by atoms with Crippen molar-refractivity contribution < 1.29 is 0 Å². The highest BCUT2D eigenvalue weighted by atomic mass is 35.5. The molecule has 0 N–H and O–H groups in total. The van der Waals surface area contributed by atoms with Crippen LogP contribution in [-0.4, -0.2) is 14.6 Å². The highest BCUT2D eigenvalue weighted by Crippen LogP contribution is 2.30. The van der Waals surface area contributed by atoms with Crippen molar-refractivity contribution in [2.45, 2.75) is 32.6 Å². The fraction of sp³-hybridized carbons (Fsp3) is 0.294. The molecule has 0 aliphatic heterocycles. The maximum Gasteiger partial charge on any atom is 0.160 e. The van der Waals surface area contributed by atoms with E-state index in [2.05, 4.69) is 29.4 Å². The topological polar surface area (TPSA) is 30.2 Å². The van der Waals surface area contributed by atoms with Gasteiger partial charge in [-0.25, -0.2) is 9.50 Å². The average Bonchev–Trinajstić information content (AvgIpc) is 3.08. The summed E-state index contributed by atoms with van der Waals surface area (Å²) in [5.41, 5.74) is 6.71. The summed E-state index contributed by atoms with van der Waals surface area (Å²) in [6.45, 7) is 2.04. The number of hydrogen-bond acceptors (Lipinski definition) is 2. The Morgan fingerprint density at radius 1 is 1.19 bits per heavy atom. The number of rotatable bonds is 2. The van der Waals surface area contributed by atoms with Crippen molar-refractivity contribution in [3.8, 4) is 0 Å². The van der Waals surface area contributed by atoms with E-state index in [1.165, 1.54) is 16.7 Å². The van der Waals surface area contributed by atoms with Crippen molar-refractivity contribution in [3.63, 3.8) is 0 Å². The summed E-state index contributed by atoms with van der Waals surface area (Å²) in [7, 11) is 0. The summed E-state index contributed by atoms with van der Waals surface area (Å²) in [6.07, 6.45) is 4.03. The molecule has 0 radical (unpaired) electrons. The minimum absolute atomic E-state index is 0.745. The Hall–Kier alpha value is -1.87. The molecule has 0 saturated carbocycles. The van der Waals surface area contributed by atoms with Crippen LogP contribution in [0.5, 0.6) is 0 Å².